The zero-order valence-corrected chi connectivity index (χ0v) is 9.19. The number of piperidine rings is 1. The minimum Gasteiger partial charge on any atom is -0.466 e. The summed E-state index contributed by atoms with van der Waals surface area (Å²) in [6, 6.07) is 0. The standard InChI is InChI=1S/C10H16FNO4/c1-2-16-9(13)5-7-3-4-12(10(14)15)6-8(7)11/h7-8H,2-6H2,1H3,(H,14,15). The number of hydrogen-bond acceptors (Lipinski definition) is 3. The molecule has 1 rings (SSSR count). The van der Waals surface area contributed by atoms with Gasteiger partial charge in [-0.2, -0.15) is 0 Å². The predicted octanol–water partition coefficient (Wildman–Crippen LogP) is 1.28. The van der Waals surface area contributed by atoms with Crippen LogP contribution in [-0.4, -0.2) is 47.9 Å². The number of amides is 1. The van der Waals surface area contributed by atoms with Crippen molar-refractivity contribution in [1.82, 2.24) is 4.90 Å². The Kier molecular flexibility index (Phi) is 4.52. The fourth-order valence-corrected chi connectivity index (χ4v) is 1.79. The average Bonchev–Trinajstić information content (AvgIpc) is 2.21. The molecule has 6 heteroatoms. The summed E-state index contributed by atoms with van der Waals surface area (Å²) in [5.41, 5.74) is 0. The van der Waals surface area contributed by atoms with Gasteiger partial charge in [0.2, 0.25) is 0 Å². The Morgan fingerprint density at radius 1 is 1.56 bits per heavy atom. The summed E-state index contributed by atoms with van der Waals surface area (Å²) < 4.78 is 18.3. The van der Waals surface area contributed by atoms with Gasteiger partial charge in [-0.1, -0.05) is 0 Å². The zero-order chi connectivity index (χ0) is 12.1. The van der Waals surface area contributed by atoms with E-state index in [1.54, 1.807) is 6.92 Å². The Morgan fingerprint density at radius 3 is 2.75 bits per heavy atom. The highest BCUT2D eigenvalue weighted by molar-refractivity contribution is 5.70. The van der Waals surface area contributed by atoms with Crippen LogP contribution in [0.25, 0.3) is 0 Å². The highest BCUT2D eigenvalue weighted by Gasteiger charge is 2.32. The number of esters is 1. The molecule has 0 aromatic rings. The third-order valence-corrected chi connectivity index (χ3v) is 2.68. The van der Waals surface area contributed by atoms with Crippen molar-refractivity contribution in [3.8, 4) is 0 Å². The molecule has 0 saturated carbocycles. The molecule has 92 valence electrons. The number of nitrogens with zero attached hydrogens (tertiary/aromatic N) is 1. The molecule has 0 spiro atoms. The van der Waals surface area contributed by atoms with Crippen molar-refractivity contribution < 1.29 is 23.8 Å². The van der Waals surface area contributed by atoms with E-state index in [0.29, 0.717) is 6.42 Å². The summed E-state index contributed by atoms with van der Waals surface area (Å²) in [4.78, 5) is 22.8. The van der Waals surface area contributed by atoms with Crippen LogP contribution in [0.5, 0.6) is 0 Å². The molecule has 0 aromatic carbocycles. The van der Waals surface area contributed by atoms with E-state index < -0.39 is 24.2 Å². The summed E-state index contributed by atoms with van der Waals surface area (Å²) in [7, 11) is 0. The van der Waals surface area contributed by atoms with E-state index in [1.807, 2.05) is 0 Å². The number of carbonyl (C=O) groups excluding carboxylic acids is 1. The lowest BCUT2D eigenvalue weighted by Crippen LogP contribution is -2.44. The van der Waals surface area contributed by atoms with Gasteiger partial charge in [0.05, 0.1) is 19.6 Å². The van der Waals surface area contributed by atoms with Crippen molar-refractivity contribution in [2.45, 2.75) is 25.9 Å². The minimum atomic E-state index is -1.28. The Morgan fingerprint density at radius 2 is 2.25 bits per heavy atom. The first-order valence-corrected chi connectivity index (χ1v) is 5.32. The predicted molar refractivity (Wildman–Crippen MR) is 53.9 cm³/mol. The van der Waals surface area contributed by atoms with Gasteiger partial charge in [-0.25, -0.2) is 9.18 Å². The number of rotatable bonds is 3. The van der Waals surface area contributed by atoms with E-state index in [0.717, 1.165) is 4.90 Å². The topological polar surface area (TPSA) is 66.8 Å². The maximum absolute atomic E-state index is 13.5. The number of likely N-dealkylation sites (tertiary alicyclic amines) is 1. The lowest BCUT2D eigenvalue weighted by molar-refractivity contribution is -0.145. The molecule has 0 aliphatic carbocycles. The van der Waals surface area contributed by atoms with Gasteiger partial charge in [0.1, 0.15) is 6.17 Å². The largest absolute Gasteiger partial charge is 0.466 e. The van der Waals surface area contributed by atoms with Gasteiger partial charge >= 0.3 is 12.1 Å². The van der Waals surface area contributed by atoms with Crippen molar-refractivity contribution >= 4 is 12.1 Å². The van der Waals surface area contributed by atoms with Crippen LogP contribution in [0, 0.1) is 5.92 Å². The Hall–Kier alpha value is -1.33. The molecule has 1 aliphatic rings. The minimum absolute atomic E-state index is 0.0302. The molecular formula is C10H16FNO4. The van der Waals surface area contributed by atoms with Crippen LogP contribution in [0.4, 0.5) is 9.18 Å². The molecule has 2 atom stereocenters. The molecule has 1 fully saturated rings. The van der Waals surface area contributed by atoms with Crippen molar-refractivity contribution in [1.29, 1.82) is 0 Å². The zero-order valence-electron chi connectivity index (χ0n) is 9.19. The maximum atomic E-state index is 13.5. The van der Waals surface area contributed by atoms with Crippen molar-refractivity contribution in [2.75, 3.05) is 19.7 Å². The fraction of sp³-hybridized carbons (Fsp3) is 0.800. The SMILES string of the molecule is CCOC(=O)CC1CCN(C(=O)O)CC1F. The number of alkyl halides is 1. The van der Waals surface area contributed by atoms with Crippen molar-refractivity contribution in [2.24, 2.45) is 5.92 Å². The normalized spacial score (nSPS) is 25.2. The van der Waals surface area contributed by atoms with E-state index >= 15 is 0 Å². The Labute approximate surface area is 93.2 Å². The van der Waals surface area contributed by atoms with Gasteiger partial charge < -0.3 is 14.7 Å². The third kappa shape index (κ3) is 3.36. The van der Waals surface area contributed by atoms with Crippen LogP contribution in [0.1, 0.15) is 19.8 Å². The molecule has 0 radical (unpaired) electrons. The lowest BCUT2D eigenvalue weighted by atomic mass is 9.92. The summed E-state index contributed by atoms with van der Waals surface area (Å²) in [6.07, 6.45) is -2.00. The molecule has 1 heterocycles. The first-order valence-electron chi connectivity index (χ1n) is 5.32. The molecule has 2 unspecified atom stereocenters. The second kappa shape index (κ2) is 5.67. The fourth-order valence-electron chi connectivity index (χ4n) is 1.79. The summed E-state index contributed by atoms with van der Waals surface area (Å²) in [5.74, 6) is -0.839. The second-order valence-electron chi connectivity index (χ2n) is 3.80. The van der Waals surface area contributed by atoms with Gasteiger partial charge in [-0.15, -0.1) is 0 Å². The average molecular weight is 233 g/mol. The first-order chi connectivity index (χ1) is 7.54. The second-order valence-corrected chi connectivity index (χ2v) is 3.80. The van der Waals surface area contributed by atoms with E-state index in [4.69, 9.17) is 9.84 Å². The van der Waals surface area contributed by atoms with E-state index in [-0.39, 0.29) is 26.1 Å². The van der Waals surface area contributed by atoms with Crippen molar-refractivity contribution in [3.63, 3.8) is 0 Å². The van der Waals surface area contributed by atoms with Crippen LogP contribution in [-0.2, 0) is 9.53 Å². The molecular weight excluding hydrogens is 217 g/mol. The molecule has 1 N–H and O–H groups in total. The molecule has 16 heavy (non-hydrogen) atoms. The van der Waals surface area contributed by atoms with Gasteiger partial charge in [0.25, 0.3) is 0 Å². The van der Waals surface area contributed by atoms with Gasteiger partial charge in [0, 0.05) is 12.5 Å². The molecule has 1 amide bonds. The molecule has 1 aliphatic heterocycles. The summed E-state index contributed by atoms with van der Waals surface area (Å²) in [5, 5.41) is 8.68. The quantitative estimate of drug-likeness (QED) is 0.745. The van der Waals surface area contributed by atoms with Gasteiger partial charge in [-0.05, 0) is 13.3 Å². The summed E-state index contributed by atoms with van der Waals surface area (Å²) in [6.45, 7) is 2.10. The highest BCUT2D eigenvalue weighted by Crippen LogP contribution is 2.24. The summed E-state index contributed by atoms with van der Waals surface area (Å²) >= 11 is 0. The van der Waals surface area contributed by atoms with Crippen molar-refractivity contribution in [3.05, 3.63) is 0 Å². The third-order valence-electron chi connectivity index (χ3n) is 2.68. The Balaban J connectivity index is 2.41. The highest BCUT2D eigenvalue weighted by atomic mass is 19.1. The first kappa shape index (κ1) is 12.7. The van der Waals surface area contributed by atoms with Gasteiger partial charge in [0.15, 0.2) is 0 Å². The Bertz CT molecular complexity index is 272. The lowest BCUT2D eigenvalue weighted by Gasteiger charge is -2.32. The smallest absolute Gasteiger partial charge is 0.407 e. The van der Waals surface area contributed by atoms with E-state index in [1.165, 1.54) is 0 Å². The van der Waals surface area contributed by atoms with Crippen LogP contribution in [0.15, 0.2) is 0 Å². The number of ether oxygens (including phenoxy) is 1. The monoisotopic (exact) mass is 233 g/mol. The number of carbonyl (C=O) groups is 2. The van der Waals surface area contributed by atoms with E-state index in [9.17, 15) is 14.0 Å². The molecule has 0 aromatic heterocycles. The van der Waals surface area contributed by atoms with Crippen LogP contribution in [0.2, 0.25) is 0 Å². The maximum Gasteiger partial charge on any atom is 0.407 e. The van der Waals surface area contributed by atoms with E-state index in [2.05, 4.69) is 0 Å². The molecule has 0 bridgehead atoms. The van der Waals surface area contributed by atoms with Crippen LogP contribution < -0.4 is 0 Å². The van der Waals surface area contributed by atoms with Crippen LogP contribution >= 0.6 is 0 Å². The van der Waals surface area contributed by atoms with Gasteiger partial charge in [-0.3, -0.25) is 4.79 Å². The van der Waals surface area contributed by atoms with Crippen LogP contribution in [0.3, 0.4) is 0 Å². The number of halogens is 1. The number of hydrogen-bond donors (Lipinski definition) is 1. The number of carboxylic acid groups (broad SMARTS) is 1. The molecule has 1 saturated heterocycles. The molecule has 5 nitrogen and oxygen atoms in total.